The highest BCUT2D eigenvalue weighted by molar-refractivity contribution is 7.87. The predicted octanol–water partition coefficient (Wildman–Crippen LogP) is -0.382. The maximum atomic E-state index is 10.8. The van der Waals surface area contributed by atoms with E-state index in [0.717, 1.165) is 11.1 Å². The Hall–Kier alpha value is -1.80. The molecular formula is C21H27ClN2O8S. The predicted molar refractivity (Wildman–Crippen MR) is 120 cm³/mol. The van der Waals surface area contributed by atoms with Gasteiger partial charge in [-0.15, -0.1) is 0 Å². The third kappa shape index (κ3) is 6.85. The van der Waals surface area contributed by atoms with E-state index in [9.17, 15) is 28.8 Å². The zero-order valence-electron chi connectivity index (χ0n) is 17.5. The van der Waals surface area contributed by atoms with Gasteiger partial charge in [-0.3, -0.25) is 0 Å². The first-order valence-corrected chi connectivity index (χ1v) is 12.1. The molecule has 10 nitrogen and oxygen atoms in total. The molecule has 2 aromatic carbocycles. The summed E-state index contributed by atoms with van der Waals surface area (Å²) in [6.45, 7) is -0.349. The second-order valence-corrected chi connectivity index (χ2v) is 9.49. The molecule has 7 N–H and O–H groups in total. The minimum absolute atomic E-state index is 0.0426. The fourth-order valence-electron chi connectivity index (χ4n) is 3.56. The third-order valence-corrected chi connectivity index (χ3v) is 6.26. The topological polar surface area (TPSA) is 172 Å². The normalized spacial score (nSPS) is 25.7. The molecule has 0 spiro atoms. The average Bonchev–Trinajstić information content (AvgIpc) is 2.77. The van der Waals surface area contributed by atoms with Crippen LogP contribution in [0.4, 0.5) is 0 Å². The summed E-state index contributed by atoms with van der Waals surface area (Å²) in [6, 6.07) is 12.2. The fourth-order valence-corrected chi connectivity index (χ4v) is 4.11. The highest BCUT2D eigenvalue weighted by Crippen LogP contribution is 2.34. The van der Waals surface area contributed by atoms with Gasteiger partial charge in [-0.1, -0.05) is 35.9 Å². The van der Waals surface area contributed by atoms with Crippen LogP contribution in [0.25, 0.3) is 0 Å². The number of benzene rings is 2. The minimum atomic E-state index is -3.76. The first-order valence-electron chi connectivity index (χ1n) is 10.2. The Labute approximate surface area is 196 Å². The van der Waals surface area contributed by atoms with E-state index in [-0.39, 0.29) is 13.2 Å². The van der Waals surface area contributed by atoms with Crippen LogP contribution < -0.4 is 14.6 Å². The van der Waals surface area contributed by atoms with Gasteiger partial charge in [-0.25, -0.2) is 5.14 Å². The Kier molecular flexibility index (Phi) is 8.67. The number of hydrogen-bond acceptors (Lipinski definition) is 8. The number of hydrogen-bond donors (Lipinski definition) is 6. The van der Waals surface area contributed by atoms with Crippen LogP contribution in [0.3, 0.4) is 0 Å². The van der Waals surface area contributed by atoms with Crippen molar-refractivity contribution in [1.29, 1.82) is 0 Å². The molecule has 0 radical (unpaired) electrons. The standard InChI is InChI=1S/C21H27ClN2O8S/c22-16-6-3-13(21-20(28)19(27)18(26)17(11-25)32-21)10-14(16)9-12-1-4-15(5-2-12)31-8-7-24-33(23,29)30/h1-6,10,17-21,24-28H,7-9,11H2,(H2,23,29,30). The molecule has 5 unspecified atom stereocenters. The summed E-state index contributed by atoms with van der Waals surface area (Å²) >= 11 is 6.36. The van der Waals surface area contributed by atoms with Crippen molar-refractivity contribution in [3.05, 3.63) is 64.2 Å². The molecule has 33 heavy (non-hydrogen) atoms. The van der Waals surface area contributed by atoms with Crippen LogP contribution in [-0.4, -0.2) is 73.0 Å². The smallest absolute Gasteiger partial charge is 0.274 e. The van der Waals surface area contributed by atoms with Gasteiger partial charge >= 0.3 is 0 Å². The number of nitrogens with one attached hydrogen (secondary N) is 1. The summed E-state index contributed by atoms with van der Waals surface area (Å²) in [7, 11) is -3.76. The van der Waals surface area contributed by atoms with E-state index in [0.29, 0.717) is 22.8 Å². The van der Waals surface area contributed by atoms with Crippen LogP contribution in [0.15, 0.2) is 42.5 Å². The Balaban J connectivity index is 1.67. The van der Waals surface area contributed by atoms with Crippen molar-refractivity contribution in [2.24, 2.45) is 5.14 Å². The Bertz CT molecular complexity index is 1040. The molecule has 0 bridgehead atoms. The molecule has 5 atom stereocenters. The van der Waals surface area contributed by atoms with Crippen molar-refractivity contribution in [1.82, 2.24) is 4.72 Å². The van der Waals surface area contributed by atoms with Gasteiger partial charge in [0.15, 0.2) is 0 Å². The van der Waals surface area contributed by atoms with Gasteiger partial charge in [0.05, 0.1) is 6.61 Å². The van der Waals surface area contributed by atoms with Gasteiger partial charge in [-0.05, 0) is 41.3 Å². The molecule has 1 heterocycles. The van der Waals surface area contributed by atoms with E-state index in [1.165, 1.54) is 0 Å². The lowest BCUT2D eigenvalue weighted by atomic mass is 9.90. The first kappa shape index (κ1) is 25.8. The second kappa shape index (κ2) is 11.1. The van der Waals surface area contributed by atoms with Crippen LogP contribution in [0.2, 0.25) is 5.02 Å². The van der Waals surface area contributed by atoms with E-state index < -0.39 is 47.3 Å². The molecule has 3 rings (SSSR count). The van der Waals surface area contributed by atoms with E-state index in [2.05, 4.69) is 4.72 Å². The van der Waals surface area contributed by atoms with Crippen LogP contribution >= 0.6 is 11.6 Å². The second-order valence-electron chi connectivity index (χ2n) is 7.71. The first-order chi connectivity index (χ1) is 15.6. The van der Waals surface area contributed by atoms with Gasteiger partial charge in [0.25, 0.3) is 10.2 Å². The zero-order chi connectivity index (χ0) is 24.2. The molecule has 182 valence electrons. The monoisotopic (exact) mass is 502 g/mol. The fraction of sp³-hybridized carbons (Fsp3) is 0.429. The maximum absolute atomic E-state index is 10.8. The van der Waals surface area contributed by atoms with E-state index in [4.69, 9.17) is 26.2 Å². The van der Waals surface area contributed by atoms with Crippen molar-refractivity contribution >= 4 is 21.8 Å². The molecule has 0 amide bonds. The summed E-state index contributed by atoms with van der Waals surface area (Å²) < 4.78 is 34.9. The van der Waals surface area contributed by atoms with Gasteiger partial charge in [0.2, 0.25) is 0 Å². The highest BCUT2D eigenvalue weighted by Gasteiger charge is 2.44. The number of ether oxygens (including phenoxy) is 2. The van der Waals surface area contributed by atoms with E-state index in [1.807, 2.05) is 12.1 Å². The van der Waals surface area contributed by atoms with Gasteiger partial charge < -0.3 is 29.9 Å². The van der Waals surface area contributed by atoms with Crippen molar-refractivity contribution < 1.29 is 38.3 Å². The quantitative estimate of drug-likeness (QED) is 0.252. The van der Waals surface area contributed by atoms with Gasteiger partial charge in [0, 0.05) is 11.6 Å². The largest absolute Gasteiger partial charge is 0.492 e. The molecule has 12 heteroatoms. The van der Waals surface area contributed by atoms with Gasteiger partial charge in [0.1, 0.15) is 42.9 Å². The molecule has 1 aliphatic heterocycles. The zero-order valence-corrected chi connectivity index (χ0v) is 19.1. The van der Waals surface area contributed by atoms with E-state index >= 15 is 0 Å². The Morgan fingerprint density at radius 2 is 1.76 bits per heavy atom. The average molecular weight is 503 g/mol. The highest BCUT2D eigenvalue weighted by atomic mass is 35.5. The molecular weight excluding hydrogens is 476 g/mol. The summed E-state index contributed by atoms with van der Waals surface area (Å²) in [6.07, 6.45) is -5.76. The SMILES string of the molecule is NS(=O)(=O)NCCOc1ccc(Cc2cc(C3OC(CO)C(O)C(O)C3O)ccc2Cl)cc1. The lowest BCUT2D eigenvalue weighted by Crippen LogP contribution is -2.55. The summed E-state index contributed by atoms with van der Waals surface area (Å²) in [5.74, 6) is 0.552. The number of aliphatic hydroxyl groups excluding tert-OH is 4. The summed E-state index contributed by atoms with van der Waals surface area (Å²) in [5.41, 5.74) is 2.21. The van der Waals surface area contributed by atoms with Crippen LogP contribution in [-0.2, 0) is 21.4 Å². The van der Waals surface area contributed by atoms with Crippen LogP contribution in [0.1, 0.15) is 22.8 Å². The lowest BCUT2D eigenvalue weighted by molar-refractivity contribution is -0.231. The van der Waals surface area contributed by atoms with E-state index in [1.54, 1.807) is 30.3 Å². The molecule has 1 aliphatic rings. The number of halogens is 1. The number of aliphatic hydroxyl groups is 4. The number of nitrogens with two attached hydrogens (primary N) is 1. The van der Waals surface area contributed by atoms with Crippen molar-refractivity contribution in [2.45, 2.75) is 36.9 Å². The molecule has 0 saturated carbocycles. The van der Waals surface area contributed by atoms with Gasteiger partial charge in [-0.2, -0.15) is 13.1 Å². The van der Waals surface area contributed by atoms with Crippen molar-refractivity contribution in [3.63, 3.8) is 0 Å². The van der Waals surface area contributed by atoms with Crippen molar-refractivity contribution in [3.8, 4) is 5.75 Å². The molecule has 0 aliphatic carbocycles. The Morgan fingerprint density at radius 1 is 1.06 bits per heavy atom. The molecule has 2 aromatic rings. The van der Waals surface area contributed by atoms with Crippen molar-refractivity contribution in [2.75, 3.05) is 19.8 Å². The lowest BCUT2D eigenvalue weighted by Gasteiger charge is -2.40. The third-order valence-electron chi connectivity index (χ3n) is 5.28. The summed E-state index contributed by atoms with van der Waals surface area (Å²) in [5, 5.41) is 45.2. The Morgan fingerprint density at radius 3 is 2.39 bits per heavy atom. The van der Waals surface area contributed by atoms with Crippen LogP contribution in [0.5, 0.6) is 5.75 Å². The maximum Gasteiger partial charge on any atom is 0.274 e. The minimum Gasteiger partial charge on any atom is -0.492 e. The summed E-state index contributed by atoms with van der Waals surface area (Å²) in [4.78, 5) is 0. The molecule has 1 fully saturated rings. The molecule has 0 aromatic heterocycles. The molecule has 1 saturated heterocycles. The number of rotatable bonds is 9. The van der Waals surface area contributed by atoms with Crippen LogP contribution in [0, 0.1) is 0 Å².